The van der Waals surface area contributed by atoms with Crippen LogP contribution >= 0.6 is 11.6 Å². The predicted molar refractivity (Wildman–Crippen MR) is 76.9 cm³/mol. The lowest BCUT2D eigenvalue weighted by Gasteiger charge is -2.29. The molecule has 0 unspecified atom stereocenters. The first-order valence-electron chi connectivity index (χ1n) is 6.78. The van der Waals surface area contributed by atoms with E-state index < -0.39 is 0 Å². The number of ketones is 1. The molecule has 102 valence electrons. The minimum Gasteiger partial charge on any atom is -0.370 e. The second kappa shape index (κ2) is 6.71. The van der Waals surface area contributed by atoms with Crippen LogP contribution < -0.4 is 0 Å². The van der Waals surface area contributed by atoms with Gasteiger partial charge in [0.15, 0.2) is 5.78 Å². The molecule has 3 nitrogen and oxygen atoms in total. The van der Waals surface area contributed by atoms with Crippen LogP contribution in [0.15, 0.2) is 30.1 Å². The third-order valence-corrected chi connectivity index (χ3v) is 3.47. The van der Waals surface area contributed by atoms with Crippen LogP contribution in [0.5, 0.6) is 0 Å². The standard InChI is InChI=1S/C15H19ClN2O/c1-2-8-18(13-4-3-5-14(19)9-13)11-12-6-7-15(16)17-10-12/h6-7,9-10H,2-5,8,11H2,1H3. The van der Waals surface area contributed by atoms with Gasteiger partial charge in [-0.1, -0.05) is 24.6 Å². The number of carbonyl (C=O) groups excluding carboxylic acids is 1. The maximum Gasteiger partial charge on any atom is 0.157 e. The lowest BCUT2D eigenvalue weighted by Crippen LogP contribution is -2.26. The van der Waals surface area contributed by atoms with Gasteiger partial charge in [0.2, 0.25) is 0 Å². The largest absolute Gasteiger partial charge is 0.370 e. The van der Waals surface area contributed by atoms with Crippen molar-refractivity contribution < 1.29 is 4.79 Å². The Morgan fingerprint density at radius 3 is 2.84 bits per heavy atom. The van der Waals surface area contributed by atoms with Crippen LogP contribution in [0, 0.1) is 0 Å². The highest BCUT2D eigenvalue weighted by Gasteiger charge is 2.15. The molecular formula is C15H19ClN2O. The van der Waals surface area contributed by atoms with E-state index in [0.29, 0.717) is 11.6 Å². The maximum absolute atomic E-state index is 11.5. The van der Waals surface area contributed by atoms with Gasteiger partial charge in [0.1, 0.15) is 5.15 Å². The fourth-order valence-corrected chi connectivity index (χ4v) is 2.45. The number of carbonyl (C=O) groups is 1. The van der Waals surface area contributed by atoms with Crippen molar-refractivity contribution in [1.82, 2.24) is 9.88 Å². The number of aromatic nitrogens is 1. The predicted octanol–water partition coefficient (Wildman–Crippen LogP) is 3.58. The molecule has 0 amide bonds. The first-order valence-corrected chi connectivity index (χ1v) is 7.15. The van der Waals surface area contributed by atoms with Gasteiger partial charge < -0.3 is 4.90 Å². The van der Waals surface area contributed by atoms with Crippen LogP contribution in [-0.2, 0) is 11.3 Å². The van der Waals surface area contributed by atoms with E-state index in [-0.39, 0.29) is 5.78 Å². The molecule has 0 saturated heterocycles. The van der Waals surface area contributed by atoms with E-state index >= 15 is 0 Å². The molecule has 1 aromatic rings. The highest BCUT2D eigenvalue weighted by Crippen LogP contribution is 2.21. The lowest BCUT2D eigenvalue weighted by molar-refractivity contribution is -0.115. The highest BCUT2D eigenvalue weighted by molar-refractivity contribution is 6.29. The summed E-state index contributed by atoms with van der Waals surface area (Å²) in [5, 5.41) is 0.512. The van der Waals surface area contributed by atoms with E-state index in [1.807, 2.05) is 12.1 Å². The Hall–Kier alpha value is -1.35. The molecular weight excluding hydrogens is 260 g/mol. The Balaban J connectivity index is 2.11. The Bertz CT molecular complexity index is 468. The van der Waals surface area contributed by atoms with Crippen LogP contribution in [0.4, 0.5) is 0 Å². The fraction of sp³-hybridized carbons (Fsp3) is 0.467. The Kier molecular flexibility index (Phi) is 4.97. The summed E-state index contributed by atoms with van der Waals surface area (Å²) in [6.45, 7) is 3.90. The van der Waals surface area contributed by atoms with Crippen LogP contribution in [0.2, 0.25) is 5.15 Å². The summed E-state index contributed by atoms with van der Waals surface area (Å²) in [6.07, 6.45) is 7.31. The smallest absolute Gasteiger partial charge is 0.157 e. The Morgan fingerprint density at radius 1 is 1.37 bits per heavy atom. The summed E-state index contributed by atoms with van der Waals surface area (Å²) >= 11 is 5.80. The molecule has 0 atom stereocenters. The first-order chi connectivity index (χ1) is 9.19. The number of rotatable bonds is 5. The van der Waals surface area contributed by atoms with Crippen LogP contribution in [0.1, 0.15) is 38.2 Å². The summed E-state index contributed by atoms with van der Waals surface area (Å²) in [5.41, 5.74) is 2.28. The van der Waals surface area contributed by atoms with Gasteiger partial charge in [-0.2, -0.15) is 0 Å². The SMILES string of the molecule is CCCN(Cc1ccc(Cl)nc1)C1=CC(=O)CCC1. The number of hydrogen-bond donors (Lipinski definition) is 0. The molecule has 0 bridgehead atoms. The summed E-state index contributed by atoms with van der Waals surface area (Å²) in [6, 6.07) is 3.80. The summed E-state index contributed by atoms with van der Waals surface area (Å²) in [4.78, 5) is 17.9. The molecule has 0 aliphatic heterocycles. The van der Waals surface area contributed by atoms with Crippen molar-refractivity contribution >= 4 is 17.4 Å². The average molecular weight is 279 g/mol. The molecule has 0 spiro atoms. The van der Waals surface area contributed by atoms with E-state index in [9.17, 15) is 4.79 Å². The second-order valence-corrected chi connectivity index (χ2v) is 5.25. The molecule has 1 aliphatic rings. The number of hydrogen-bond acceptors (Lipinski definition) is 3. The molecule has 1 aromatic heterocycles. The number of pyridine rings is 1. The molecule has 19 heavy (non-hydrogen) atoms. The number of allylic oxidation sites excluding steroid dienone is 2. The van der Waals surface area contributed by atoms with Gasteiger partial charge >= 0.3 is 0 Å². The van der Waals surface area contributed by atoms with Crippen molar-refractivity contribution in [3.8, 4) is 0 Å². The van der Waals surface area contributed by atoms with Gasteiger partial charge in [-0.25, -0.2) is 4.98 Å². The molecule has 0 fully saturated rings. The van der Waals surface area contributed by atoms with Gasteiger partial charge in [0.05, 0.1) is 0 Å². The van der Waals surface area contributed by atoms with Gasteiger partial charge in [-0.15, -0.1) is 0 Å². The molecule has 1 aliphatic carbocycles. The van der Waals surface area contributed by atoms with E-state index in [1.54, 1.807) is 12.3 Å². The van der Waals surface area contributed by atoms with Crippen molar-refractivity contribution in [2.45, 2.75) is 39.2 Å². The Morgan fingerprint density at radius 2 is 2.21 bits per heavy atom. The average Bonchev–Trinajstić information content (AvgIpc) is 2.41. The van der Waals surface area contributed by atoms with Crippen LogP contribution in [-0.4, -0.2) is 22.2 Å². The minimum absolute atomic E-state index is 0.247. The van der Waals surface area contributed by atoms with Gasteiger partial charge in [-0.05, 0) is 30.9 Å². The van der Waals surface area contributed by atoms with Crippen molar-refractivity contribution in [2.24, 2.45) is 0 Å². The van der Waals surface area contributed by atoms with E-state index in [0.717, 1.165) is 43.6 Å². The lowest BCUT2D eigenvalue weighted by atomic mass is 10.0. The second-order valence-electron chi connectivity index (χ2n) is 4.87. The van der Waals surface area contributed by atoms with Crippen LogP contribution in [0.3, 0.4) is 0 Å². The monoisotopic (exact) mass is 278 g/mol. The van der Waals surface area contributed by atoms with Crippen molar-refractivity contribution in [2.75, 3.05) is 6.54 Å². The van der Waals surface area contributed by atoms with Crippen LogP contribution in [0.25, 0.3) is 0 Å². The molecule has 1 heterocycles. The topological polar surface area (TPSA) is 33.2 Å². The third kappa shape index (κ3) is 4.06. The molecule has 2 rings (SSSR count). The number of halogens is 1. The molecule has 0 saturated carbocycles. The Labute approximate surface area is 119 Å². The summed E-state index contributed by atoms with van der Waals surface area (Å²) < 4.78 is 0. The normalized spacial score (nSPS) is 15.3. The zero-order valence-corrected chi connectivity index (χ0v) is 12.0. The number of nitrogens with zero attached hydrogens (tertiary/aromatic N) is 2. The van der Waals surface area contributed by atoms with E-state index in [2.05, 4.69) is 16.8 Å². The zero-order valence-electron chi connectivity index (χ0n) is 11.2. The molecule has 0 N–H and O–H groups in total. The minimum atomic E-state index is 0.247. The van der Waals surface area contributed by atoms with Crippen molar-refractivity contribution in [3.05, 3.63) is 40.8 Å². The summed E-state index contributed by atoms with van der Waals surface area (Å²) in [5.74, 6) is 0.247. The fourth-order valence-electron chi connectivity index (χ4n) is 2.34. The van der Waals surface area contributed by atoms with E-state index in [4.69, 9.17) is 11.6 Å². The van der Waals surface area contributed by atoms with E-state index in [1.165, 1.54) is 0 Å². The highest BCUT2D eigenvalue weighted by atomic mass is 35.5. The van der Waals surface area contributed by atoms with Crippen molar-refractivity contribution in [1.29, 1.82) is 0 Å². The molecule has 4 heteroatoms. The maximum atomic E-state index is 11.5. The third-order valence-electron chi connectivity index (χ3n) is 3.25. The quantitative estimate of drug-likeness (QED) is 0.772. The van der Waals surface area contributed by atoms with Gasteiger partial charge in [0.25, 0.3) is 0 Å². The van der Waals surface area contributed by atoms with Crippen molar-refractivity contribution in [3.63, 3.8) is 0 Å². The molecule has 0 radical (unpaired) electrons. The molecule has 0 aromatic carbocycles. The first kappa shape index (κ1) is 14.1. The van der Waals surface area contributed by atoms with Gasteiger partial charge in [0, 0.05) is 37.5 Å². The zero-order chi connectivity index (χ0) is 13.7. The van der Waals surface area contributed by atoms with Gasteiger partial charge in [-0.3, -0.25) is 4.79 Å². The summed E-state index contributed by atoms with van der Waals surface area (Å²) in [7, 11) is 0.